The van der Waals surface area contributed by atoms with Crippen LogP contribution in [0.5, 0.6) is 0 Å². The molecule has 5 heteroatoms. The number of H-pyrrole nitrogens is 1. The lowest BCUT2D eigenvalue weighted by Gasteiger charge is -2.37. The van der Waals surface area contributed by atoms with Gasteiger partial charge >= 0.3 is 0 Å². The van der Waals surface area contributed by atoms with Crippen LogP contribution in [0.2, 0.25) is 0 Å². The first-order valence-corrected chi connectivity index (χ1v) is 10.1. The summed E-state index contributed by atoms with van der Waals surface area (Å²) in [5.41, 5.74) is 9.12. The number of anilines is 1. The number of carbonyl (C=O) groups excluding carboxylic acids is 1. The summed E-state index contributed by atoms with van der Waals surface area (Å²) in [7, 11) is 0. The lowest BCUT2D eigenvalue weighted by Crippen LogP contribution is -2.41. The molecule has 1 amide bonds. The van der Waals surface area contributed by atoms with Gasteiger partial charge in [-0.15, -0.1) is 0 Å². The first kappa shape index (κ1) is 18.7. The van der Waals surface area contributed by atoms with E-state index >= 15 is 0 Å². The van der Waals surface area contributed by atoms with E-state index in [1.807, 2.05) is 48.5 Å². The number of nitrogens with zero attached hydrogens (tertiary/aromatic N) is 1. The Morgan fingerprint density at radius 1 is 1.21 bits per heavy atom. The van der Waals surface area contributed by atoms with Crippen LogP contribution in [0.25, 0.3) is 11.0 Å². The monoisotopic (exact) mass is 376 g/mol. The molecule has 1 saturated carbocycles. The molecule has 1 aliphatic carbocycles. The zero-order valence-electron chi connectivity index (χ0n) is 16.4. The van der Waals surface area contributed by atoms with Gasteiger partial charge in [0.15, 0.2) is 0 Å². The van der Waals surface area contributed by atoms with Crippen LogP contribution in [0.3, 0.4) is 0 Å². The van der Waals surface area contributed by atoms with Crippen LogP contribution >= 0.6 is 0 Å². The molecular formula is C23H28N4O. The van der Waals surface area contributed by atoms with Crippen LogP contribution in [-0.2, 0) is 17.8 Å². The molecule has 146 valence electrons. The maximum atomic E-state index is 13.4. The second kappa shape index (κ2) is 7.76. The van der Waals surface area contributed by atoms with Gasteiger partial charge in [-0.05, 0) is 61.4 Å². The van der Waals surface area contributed by atoms with Gasteiger partial charge in [-0.25, -0.2) is 4.98 Å². The van der Waals surface area contributed by atoms with E-state index in [9.17, 15) is 4.79 Å². The predicted octanol–water partition coefficient (Wildman–Crippen LogP) is 4.40. The van der Waals surface area contributed by atoms with Gasteiger partial charge < -0.3 is 16.0 Å². The molecule has 0 unspecified atom stereocenters. The summed E-state index contributed by atoms with van der Waals surface area (Å²) in [6.07, 6.45) is 4.53. The molecule has 0 bridgehead atoms. The molecular weight excluding hydrogens is 348 g/mol. The number of rotatable bonds is 5. The van der Waals surface area contributed by atoms with E-state index < -0.39 is 5.41 Å². The second-order valence-corrected chi connectivity index (χ2v) is 8.20. The van der Waals surface area contributed by atoms with Crippen molar-refractivity contribution in [2.45, 2.75) is 45.6 Å². The van der Waals surface area contributed by atoms with Crippen LogP contribution in [0.1, 0.15) is 44.0 Å². The molecule has 0 atom stereocenters. The van der Waals surface area contributed by atoms with Crippen LogP contribution in [-0.4, -0.2) is 15.9 Å². The van der Waals surface area contributed by atoms with Crippen LogP contribution in [0, 0.1) is 11.3 Å². The molecule has 1 aliphatic rings. The van der Waals surface area contributed by atoms with Crippen LogP contribution in [0.4, 0.5) is 5.69 Å². The van der Waals surface area contributed by atoms with Crippen molar-refractivity contribution in [3.8, 4) is 0 Å². The van der Waals surface area contributed by atoms with E-state index in [2.05, 4.69) is 17.2 Å². The third kappa shape index (κ3) is 3.80. The van der Waals surface area contributed by atoms with Gasteiger partial charge in [-0.2, -0.15) is 0 Å². The standard InChI is InChI=1S/C23H28N4O/c1-16-9-11-23(12-10-16,14-21-26-19-7-2-3-8-20(19)27-21)22(28)25-18-6-4-5-17(13-18)15-24/h2-8,13,16H,9-12,14-15,24H2,1H3,(H,25,28)(H,26,27). The highest BCUT2D eigenvalue weighted by Crippen LogP contribution is 2.42. The Labute approximate surface area is 165 Å². The number of imidazole rings is 1. The average Bonchev–Trinajstić information content (AvgIpc) is 3.12. The van der Waals surface area contributed by atoms with Gasteiger partial charge in [0, 0.05) is 18.7 Å². The number of para-hydroxylation sites is 2. The number of hydrogen-bond acceptors (Lipinski definition) is 3. The van der Waals surface area contributed by atoms with Crippen molar-refractivity contribution >= 4 is 22.6 Å². The number of amides is 1. The normalized spacial score (nSPS) is 22.3. The maximum Gasteiger partial charge on any atom is 0.231 e. The van der Waals surface area contributed by atoms with Crippen molar-refractivity contribution in [1.29, 1.82) is 0 Å². The molecule has 28 heavy (non-hydrogen) atoms. The smallest absolute Gasteiger partial charge is 0.231 e. The van der Waals surface area contributed by atoms with Gasteiger partial charge in [0.05, 0.1) is 16.4 Å². The highest BCUT2D eigenvalue weighted by molar-refractivity contribution is 5.95. The molecule has 2 aromatic carbocycles. The fourth-order valence-corrected chi connectivity index (χ4v) is 4.25. The largest absolute Gasteiger partial charge is 0.342 e. The van der Waals surface area contributed by atoms with E-state index in [1.54, 1.807) is 0 Å². The third-order valence-corrected chi connectivity index (χ3v) is 6.08. The van der Waals surface area contributed by atoms with E-state index in [1.165, 1.54) is 0 Å². The summed E-state index contributed by atoms with van der Waals surface area (Å²) in [4.78, 5) is 21.6. The molecule has 0 spiro atoms. The summed E-state index contributed by atoms with van der Waals surface area (Å²) in [6, 6.07) is 15.8. The van der Waals surface area contributed by atoms with E-state index in [0.717, 1.165) is 53.8 Å². The van der Waals surface area contributed by atoms with Gasteiger partial charge in [0.25, 0.3) is 0 Å². The number of aromatic nitrogens is 2. The Bertz CT molecular complexity index is 936. The average molecular weight is 377 g/mol. The molecule has 0 radical (unpaired) electrons. The van der Waals surface area contributed by atoms with Crippen LogP contribution in [0.15, 0.2) is 48.5 Å². The minimum absolute atomic E-state index is 0.0917. The molecule has 1 heterocycles. The Morgan fingerprint density at radius 3 is 2.75 bits per heavy atom. The summed E-state index contributed by atoms with van der Waals surface area (Å²) < 4.78 is 0. The molecule has 4 rings (SSSR count). The first-order chi connectivity index (χ1) is 13.6. The number of benzene rings is 2. The summed E-state index contributed by atoms with van der Waals surface area (Å²) >= 11 is 0. The number of hydrogen-bond donors (Lipinski definition) is 3. The number of carbonyl (C=O) groups is 1. The Morgan fingerprint density at radius 2 is 2.00 bits per heavy atom. The third-order valence-electron chi connectivity index (χ3n) is 6.08. The van der Waals surface area contributed by atoms with Crippen molar-refractivity contribution in [2.24, 2.45) is 17.1 Å². The van der Waals surface area contributed by atoms with E-state index in [4.69, 9.17) is 10.7 Å². The minimum atomic E-state index is -0.431. The zero-order valence-corrected chi connectivity index (χ0v) is 16.4. The molecule has 5 nitrogen and oxygen atoms in total. The van der Waals surface area contributed by atoms with Gasteiger partial charge in [0.1, 0.15) is 5.82 Å². The highest BCUT2D eigenvalue weighted by Gasteiger charge is 2.42. The molecule has 3 aromatic rings. The number of fused-ring (bicyclic) bond motifs is 1. The number of nitrogens with one attached hydrogen (secondary N) is 2. The maximum absolute atomic E-state index is 13.4. The van der Waals surface area contributed by atoms with Gasteiger partial charge in [0.2, 0.25) is 5.91 Å². The lowest BCUT2D eigenvalue weighted by atomic mass is 9.68. The Hall–Kier alpha value is -2.66. The first-order valence-electron chi connectivity index (χ1n) is 10.1. The molecule has 1 fully saturated rings. The van der Waals surface area contributed by atoms with Crippen molar-refractivity contribution in [3.05, 3.63) is 59.9 Å². The van der Waals surface area contributed by atoms with Gasteiger partial charge in [-0.1, -0.05) is 31.2 Å². The fraction of sp³-hybridized carbons (Fsp3) is 0.391. The van der Waals surface area contributed by atoms with E-state index in [0.29, 0.717) is 18.9 Å². The van der Waals surface area contributed by atoms with Crippen molar-refractivity contribution in [1.82, 2.24) is 9.97 Å². The summed E-state index contributed by atoms with van der Waals surface area (Å²) in [5, 5.41) is 3.16. The molecule has 1 aromatic heterocycles. The van der Waals surface area contributed by atoms with Crippen LogP contribution < -0.4 is 11.1 Å². The molecule has 4 N–H and O–H groups in total. The SMILES string of the molecule is CC1CCC(Cc2nc3ccccc3[nH]2)(C(=O)Nc2cccc(CN)c2)CC1. The molecule has 0 saturated heterocycles. The fourth-order valence-electron chi connectivity index (χ4n) is 4.25. The minimum Gasteiger partial charge on any atom is -0.342 e. The summed E-state index contributed by atoms with van der Waals surface area (Å²) in [5.74, 6) is 1.65. The molecule has 0 aliphatic heterocycles. The summed E-state index contributed by atoms with van der Waals surface area (Å²) in [6.45, 7) is 2.74. The quantitative estimate of drug-likeness (QED) is 0.617. The highest BCUT2D eigenvalue weighted by atomic mass is 16.2. The van der Waals surface area contributed by atoms with E-state index in [-0.39, 0.29) is 5.91 Å². The Kier molecular flexibility index (Phi) is 5.18. The van der Waals surface area contributed by atoms with Gasteiger partial charge in [-0.3, -0.25) is 4.79 Å². The van der Waals surface area contributed by atoms with Crippen molar-refractivity contribution in [3.63, 3.8) is 0 Å². The van der Waals surface area contributed by atoms with Crippen molar-refractivity contribution in [2.75, 3.05) is 5.32 Å². The lowest BCUT2D eigenvalue weighted by molar-refractivity contribution is -0.128. The predicted molar refractivity (Wildman–Crippen MR) is 113 cm³/mol. The number of nitrogens with two attached hydrogens (primary N) is 1. The zero-order chi connectivity index (χ0) is 19.6. The number of aromatic amines is 1. The second-order valence-electron chi connectivity index (χ2n) is 8.20. The Balaban J connectivity index is 1.60. The van der Waals surface area contributed by atoms with Crippen molar-refractivity contribution < 1.29 is 4.79 Å². The topological polar surface area (TPSA) is 83.8 Å².